The molecule has 1 aliphatic heterocycles. The molecule has 24 heavy (non-hydrogen) atoms. The highest BCUT2D eigenvalue weighted by Gasteiger charge is 2.23. The summed E-state index contributed by atoms with van der Waals surface area (Å²) in [6.07, 6.45) is 5.99. The molecule has 2 aromatic heterocycles. The van der Waals surface area contributed by atoms with Crippen molar-refractivity contribution >= 4 is 45.2 Å². The number of fused-ring (bicyclic) bond motifs is 1. The van der Waals surface area contributed by atoms with Crippen molar-refractivity contribution in [3.63, 3.8) is 0 Å². The summed E-state index contributed by atoms with van der Waals surface area (Å²) in [4.78, 5) is 11.1. The van der Waals surface area contributed by atoms with Crippen molar-refractivity contribution in [3.8, 4) is 0 Å². The van der Waals surface area contributed by atoms with Crippen molar-refractivity contribution in [3.05, 3.63) is 57.1 Å². The number of aromatic nitrogens is 3. The fourth-order valence-corrected chi connectivity index (χ4v) is 4.67. The van der Waals surface area contributed by atoms with Gasteiger partial charge in [0.15, 0.2) is 0 Å². The Hall–Kier alpha value is -1.18. The summed E-state index contributed by atoms with van der Waals surface area (Å²) in [5.74, 6) is 0. The van der Waals surface area contributed by atoms with E-state index < -0.39 is 0 Å². The van der Waals surface area contributed by atoms with Gasteiger partial charge in [-0.15, -0.1) is 0 Å². The van der Waals surface area contributed by atoms with Crippen molar-refractivity contribution in [2.45, 2.75) is 25.4 Å². The highest BCUT2D eigenvalue weighted by Crippen LogP contribution is 2.32. The van der Waals surface area contributed by atoms with Gasteiger partial charge in [0.2, 0.25) is 0 Å². The average Bonchev–Trinajstić information content (AvgIpc) is 2.95. The van der Waals surface area contributed by atoms with Gasteiger partial charge < -0.3 is 4.57 Å². The Bertz CT molecular complexity index is 841. The lowest BCUT2D eigenvalue weighted by atomic mass is 10.0. The maximum Gasteiger partial charge on any atom is 0.146 e. The highest BCUT2D eigenvalue weighted by atomic mass is 127. The van der Waals surface area contributed by atoms with Gasteiger partial charge in [-0.05, 0) is 41.0 Å². The van der Waals surface area contributed by atoms with Crippen LogP contribution in [0.2, 0.25) is 5.15 Å². The van der Waals surface area contributed by atoms with Crippen molar-refractivity contribution in [1.82, 2.24) is 19.4 Å². The third-order valence-electron chi connectivity index (χ3n) is 4.72. The minimum Gasteiger partial charge on any atom is -0.328 e. The normalized spacial score (nSPS) is 16.8. The number of rotatable bonds is 3. The maximum atomic E-state index is 6.25. The van der Waals surface area contributed by atoms with E-state index in [0.717, 1.165) is 47.1 Å². The van der Waals surface area contributed by atoms with Crippen LogP contribution in [0, 0.1) is 3.57 Å². The molecule has 0 amide bonds. The fraction of sp³-hybridized carbons (Fsp3) is 0.333. The van der Waals surface area contributed by atoms with E-state index in [9.17, 15) is 0 Å². The Morgan fingerprint density at radius 3 is 2.62 bits per heavy atom. The third-order valence-corrected chi connectivity index (χ3v) is 5.82. The standard InChI is InChI=1S/C18H18ClIN4/c19-17-16-15(20)11-24(18(16)22-12-21-17)14-6-8-23(9-7-14)10-13-4-2-1-3-5-13/h1-5,11-12,14H,6-10H2. The van der Waals surface area contributed by atoms with Crippen molar-refractivity contribution in [1.29, 1.82) is 0 Å². The van der Waals surface area contributed by atoms with Crippen LogP contribution >= 0.6 is 34.2 Å². The highest BCUT2D eigenvalue weighted by molar-refractivity contribution is 14.1. The quantitative estimate of drug-likeness (QED) is 0.433. The predicted octanol–water partition coefficient (Wildman–Crippen LogP) is 4.53. The first kappa shape index (κ1) is 16.3. The Labute approximate surface area is 160 Å². The van der Waals surface area contributed by atoms with Crippen LogP contribution in [0.1, 0.15) is 24.4 Å². The molecule has 1 fully saturated rings. The van der Waals surface area contributed by atoms with Crippen LogP contribution in [0.15, 0.2) is 42.9 Å². The van der Waals surface area contributed by atoms with Crippen molar-refractivity contribution in [2.75, 3.05) is 13.1 Å². The minimum atomic E-state index is 0.481. The third kappa shape index (κ3) is 3.17. The van der Waals surface area contributed by atoms with E-state index in [1.807, 2.05) is 0 Å². The van der Waals surface area contributed by atoms with Crippen molar-refractivity contribution < 1.29 is 0 Å². The zero-order valence-electron chi connectivity index (χ0n) is 13.2. The lowest BCUT2D eigenvalue weighted by Crippen LogP contribution is -2.34. The molecule has 1 aromatic carbocycles. The molecule has 0 bridgehead atoms. The molecular weight excluding hydrogens is 435 g/mol. The average molecular weight is 453 g/mol. The van der Waals surface area contributed by atoms with E-state index in [-0.39, 0.29) is 0 Å². The zero-order valence-corrected chi connectivity index (χ0v) is 16.1. The van der Waals surface area contributed by atoms with Gasteiger partial charge in [0.05, 0.1) is 5.39 Å². The predicted molar refractivity (Wildman–Crippen MR) is 105 cm³/mol. The van der Waals surface area contributed by atoms with Crippen LogP contribution in [-0.4, -0.2) is 32.5 Å². The van der Waals surface area contributed by atoms with E-state index in [1.165, 1.54) is 5.56 Å². The number of benzene rings is 1. The fourth-order valence-electron chi connectivity index (χ4n) is 3.48. The second-order valence-electron chi connectivity index (χ2n) is 6.24. The molecule has 0 N–H and O–H groups in total. The van der Waals surface area contributed by atoms with Crippen molar-refractivity contribution in [2.24, 2.45) is 0 Å². The molecule has 3 aromatic rings. The first-order valence-electron chi connectivity index (χ1n) is 8.15. The van der Waals surface area contributed by atoms with Crippen LogP contribution in [0.25, 0.3) is 11.0 Å². The number of hydrogen-bond donors (Lipinski definition) is 0. The topological polar surface area (TPSA) is 34.0 Å². The van der Waals surface area contributed by atoms with Gasteiger partial charge >= 0.3 is 0 Å². The van der Waals surface area contributed by atoms with E-state index in [0.29, 0.717) is 11.2 Å². The van der Waals surface area contributed by atoms with Gasteiger partial charge in [-0.3, -0.25) is 4.90 Å². The summed E-state index contributed by atoms with van der Waals surface area (Å²) in [6, 6.07) is 11.2. The smallest absolute Gasteiger partial charge is 0.146 e. The molecule has 6 heteroatoms. The molecule has 1 saturated heterocycles. The molecule has 124 valence electrons. The number of nitrogens with zero attached hydrogens (tertiary/aromatic N) is 4. The molecule has 4 nitrogen and oxygen atoms in total. The van der Waals surface area contributed by atoms with E-state index in [2.05, 4.69) is 78.6 Å². The van der Waals surface area contributed by atoms with Crippen LogP contribution in [0.4, 0.5) is 0 Å². The van der Waals surface area contributed by atoms with Gasteiger partial charge in [0.1, 0.15) is 17.1 Å². The summed E-state index contributed by atoms with van der Waals surface area (Å²) in [5, 5.41) is 1.52. The Morgan fingerprint density at radius 1 is 1.12 bits per heavy atom. The van der Waals surface area contributed by atoms with E-state index in [4.69, 9.17) is 11.6 Å². The molecule has 0 spiro atoms. The number of hydrogen-bond acceptors (Lipinski definition) is 3. The summed E-state index contributed by atoms with van der Waals surface area (Å²) < 4.78 is 3.42. The Kier molecular flexibility index (Phi) is 4.74. The molecule has 0 unspecified atom stereocenters. The Morgan fingerprint density at radius 2 is 1.88 bits per heavy atom. The Balaban J connectivity index is 1.49. The minimum absolute atomic E-state index is 0.481. The molecule has 0 aliphatic carbocycles. The van der Waals surface area contributed by atoms with Gasteiger partial charge in [0.25, 0.3) is 0 Å². The molecular formula is C18H18ClIN4. The molecule has 0 saturated carbocycles. The van der Waals surface area contributed by atoms with E-state index in [1.54, 1.807) is 6.33 Å². The van der Waals surface area contributed by atoms with Gasteiger partial charge in [-0.2, -0.15) is 0 Å². The summed E-state index contributed by atoms with van der Waals surface area (Å²) in [6.45, 7) is 3.24. The SMILES string of the molecule is Clc1ncnc2c1c(I)cn2C1CCN(Cc2ccccc2)CC1. The second kappa shape index (κ2) is 6.98. The molecule has 3 heterocycles. The number of halogens is 2. The summed E-state index contributed by atoms with van der Waals surface area (Å²) in [5.41, 5.74) is 2.34. The van der Waals surface area contributed by atoms with Crippen LogP contribution < -0.4 is 0 Å². The number of likely N-dealkylation sites (tertiary alicyclic amines) is 1. The zero-order chi connectivity index (χ0) is 16.5. The monoisotopic (exact) mass is 452 g/mol. The van der Waals surface area contributed by atoms with Crippen LogP contribution in [-0.2, 0) is 6.54 Å². The molecule has 0 atom stereocenters. The second-order valence-corrected chi connectivity index (χ2v) is 7.76. The lowest BCUT2D eigenvalue weighted by Gasteiger charge is -2.32. The van der Waals surface area contributed by atoms with Crippen LogP contribution in [0.3, 0.4) is 0 Å². The lowest BCUT2D eigenvalue weighted by molar-refractivity contribution is 0.181. The molecule has 4 rings (SSSR count). The maximum absolute atomic E-state index is 6.25. The summed E-state index contributed by atoms with van der Waals surface area (Å²) >= 11 is 8.57. The summed E-state index contributed by atoms with van der Waals surface area (Å²) in [7, 11) is 0. The first-order chi connectivity index (χ1) is 11.7. The first-order valence-corrected chi connectivity index (χ1v) is 9.61. The van der Waals surface area contributed by atoms with Crippen LogP contribution in [0.5, 0.6) is 0 Å². The van der Waals surface area contributed by atoms with Gasteiger partial charge in [-0.1, -0.05) is 41.9 Å². The largest absolute Gasteiger partial charge is 0.328 e. The number of piperidine rings is 1. The van der Waals surface area contributed by atoms with Gasteiger partial charge in [0, 0.05) is 35.4 Å². The van der Waals surface area contributed by atoms with Gasteiger partial charge in [-0.25, -0.2) is 9.97 Å². The molecule has 0 radical (unpaired) electrons. The van der Waals surface area contributed by atoms with E-state index >= 15 is 0 Å². The molecule has 1 aliphatic rings.